The van der Waals surface area contributed by atoms with E-state index < -0.39 is 0 Å². The van der Waals surface area contributed by atoms with Crippen LogP contribution in [-0.4, -0.2) is 7.05 Å². The Kier molecular flexibility index (Phi) is 2.11. The number of benzene rings is 2. The van der Waals surface area contributed by atoms with Crippen LogP contribution in [-0.2, 0) is 0 Å². The predicted molar refractivity (Wildman–Crippen MR) is 56.7 cm³/mol. The Morgan fingerprint density at radius 2 is 1.85 bits per heavy atom. The lowest BCUT2D eigenvalue weighted by atomic mass is 10.1. The maximum absolute atomic E-state index is 6.01. The summed E-state index contributed by atoms with van der Waals surface area (Å²) in [5.41, 5.74) is 0.875. The zero-order chi connectivity index (χ0) is 9.26. The number of rotatable bonds is 1. The van der Waals surface area contributed by atoms with Crippen LogP contribution >= 0.6 is 11.6 Å². The molecule has 2 aromatic rings. The number of halogens is 1. The van der Waals surface area contributed by atoms with E-state index in [1.165, 1.54) is 5.39 Å². The monoisotopic (exact) mass is 190 g/mol. The molecule has 2 heteroatoms. The van der Waals surface area contributed by atoms with Gasteiger partial charge in [0.25, 0.3) is 0 Å². The zero-order valence-corrected chi connectivity index (χ0v) is 8.05. The van der Waals surface area contributed by atoms with Crippen molar-refractivity contribution in [2.24, 2.45) is 0 Å². The van der Waals surface area contributed by atoms with Crippen molar-refractivity contribution in [3.05, 3.63) is 41.4 Å². The van der Waals surface area contributed by atoms with Crippen molar-refractivity contribution in [3.63, 3.8) is 0 Å². The largest absolute Gasteiger partial charge is 0.286 e. The number of fused-ring (bicyclic) bond motifs is 1. The van der Waals surface area contributed by atoms with Gasteiger partial charge in [-0.05, 0) is 11.5 Å². The third-order valence-corrected chi connectivity index (χ3v) is 2.38. The van der Waals surface area contributed by atoms with Gasteiger partial charge in [-0.15, -0.1) is 0 Å². The molecule has 0 aliphatic heterocycles. The first-order chi connectivity index (χ1) is 6.33. The average Bonchev–Trinajstić information content (AvgIpc) is 2.18. The van der Waals surface area contributed by atoms with Crippen molar-refractivity contribution in [3.8, 4) is 0 Å². The molecule has 0 aromatic heterocycles. The van der Waals surface area contributed by atoms with E-state index in [1.54, 1.807) is 7.05 Å². The van der Waals surface area contributed by atoms with E-state index in [4.69, 9.17) is 11.6 Å². The van der Waals surface area contributed by atoms with E-state index in [-0.39, 0.29) is 0 Å². The molecule has 2 aromatic carbocycles. The summed E-state index contributed by atoms with van der Waals surface area (Å²) in [5, 5.41) is 7.16. The normalized spacial score (nSPS) is 10.3. The third kappa shape index (κ3) is 1.36. The van der Waals surface area contributed by atoms with E-state index in [0.29, 0.717) is 5.02 Å². The van der Waals surface area contributed by atoms with Crippen LogP contribution in [0.25, 0.3) is 10.8 Å². The first-order valence-corrected chi connectivity index (χ1v) is 4.48. The molecule has 65 valence electrons. The van der Waals surface area contributed by atoms with Gasteiger partial charge >= 0.3 is 0 Å². The van der Waals surface area contributed by atoms with E-state index >= 15 is 0 Å². The minimum absolute atomic E-state index is 0.709. The summed E-state index contributed by atoms with van der Waals surface area (Å²) in [4.78, 5) is 0. The van der Waals surface area contributed by atoms with E-state index in [1.807, 2.05) is 30.3 Å². The predicted octanol–water partition coefficient (Wildman–Crippen LogP) is 3.36. The van der Waals surface area contributed by atoms with Crippen LogP contribution in [0.1, 0.15) is 0 Å². The molecule has 1 radical (unpaired) electrons. The molecular weight excluding hydrogens is 182 g/mol. The molecule has 0 amide bonds. The summed E-state index contributed by atoms with van der Waals surface area (Å²) in [5.74, 6) is 0. The van der Waals surface area contributed by atoms with Crippen LogP contribution in [0, 0.1) is 0 Å². The Balaban J connectivity index is 2.84. The molecule has 0 saturated heterocycles. The highest BCUT2D eigenvalue weighted by atomic mass is 35.5. The van der Waals surface area contributed by atoms with Crippen molar-refractivity contribution in [1.82, 2.24) is 5.32 Å². The maximum Gasteiger partial charge on any atom is 0.0835 e. The first-order valence-electron chi connectivity index (χ1n) is 4.10. The topological polar surface area (TPSA) is 14.1 Å². The van der Waals surface area contributed by atoms with Gasteiger partial charge in [0.15, 0.2) is 0 Å². The maximum atomic E-state index is 6.01. The standard InChI is InChI=1S/C11H9ClN/c1-13-11-9-5-3-2-4-8(9)6-7-10(11)12/h2-7H,1H3. The van der Waals surface area contributed by atoms with Gasteiger partial charge in [0, 0.05) is 12.4 Å². The molecule has 0 heterocycles. The molecule has 0 saturated carbocycles. The van der Waals surface area contributed by atoms with Crippen LogP contribution in [0.15, 0.2) is 36.4 Å². The zero-order valence-electron chi connectivity index (χ0n) is 7.29. The highest BCUT2D eigenvalue weighted by Crippen LogP contribution is 2.30. The molecule has 0 bridgehead atoms. The molecule has 0 unspecified atom stereocenters. The van der Waals surface area contributed by atoms with Crippen LogP contribution in [0.4, 0.5) is 5.69 Å². The Morgan fingerprint density at radius 1 is 1.08 bits per heavy atom. The van der Waals surface area contributed by atoms with Crippen LogP contribution in [0.2, 0.25) is 5.02 Å². The average molecular weight is 191 g/mol. The molecule has 2 rings (SSSR count). The fraction of sp³-hybridized carbons (Fsp3) is 0.0909. The summed E-state index contributed by atoms with van der Waals surface area (Å²) in [7, 11) is 1.76. The molecule has 0 N–H and O–H groups in total. The van der Waals surface area contributed by atoms with Crippen molar-refractivity contribution in [2.75, 3.05) is 7.05 Å². The fourth-order valence-electron chi connectivity index (χ4n) is 1.46. The van der Waals surface area contributed by atoms with Gasteiger partial charge in [-0.1, -0.05) is 41.9 Å². The Bertz CT molecular complexity index is 437. The minimum Gasteiger partial charge on any atom is -0.286 e. The smallest absolute Gasteiger partial charge is 0.0835 e. The fourth-order valence-corrected chi connectivity index (χ4v) is 1.71. The quantitative estimate of drug-likeness (QED) is 0.655. The summed E-state index contributed by atoms with van der Waals surface area (Å²) < 4.78 is 0. The van der Waals surface area contributed by atoms with Gasteiger partial charge in [-0.3, -0.25) is 5.32 Å². The third-order valence-electron chi connectivity index (χ3n) is 2.07. The molecular formula is C11H9ClN. The Labute approximate surface area is 82.3 Å². The van der Waals surface area contributed by atoms with Gasteiger partial charge in [-0.2, -0.15) is 0 Å². The molecule has 13 heavy (non-hydrogen) atoms. The lowest BCUT2D eigenvalue weighted by Crippen LogP contribution is -1.88. The van der Waals surface area contributed by atoms with E-state index in [0.717, 1.165) is 11.1 Å². The summed E-state index contributed by atoms with van der Waals surface area (Å²) in [6, 6.07) is 12.0. The summed E-state index contributed by atoms with van der Waals surface area (Å²) in [6.45, 7) is 0. The lowest BCUT2D eigenvalue weighted by Gasteiger charge is -2.05. The van der Waals surface area contributed by atoms with Gasteiger partial charge < -0.3 is 0 Å². The second-order valence-corrected chi connectivity index (χ2v) is 3.25. The summed E-state index contributed by atoms with van der Waals surface area (Å²) in [6.07, 6.45) is 0. The van der Waals surface area contributed by atoms with Crippen LogP contribution < -0.4 is 5.32 Å². The van der Waals surface area contributed by atoms with Gasteiger partial charge in [0.2, 0.25) is 0 Å². The van der Waals surface area contributed by atoms with E-state index in [9.17, 15) is 0 Å². The molecule has 0 aliphatic rings. The molecule has 0 spiro atoms. The number of nitrogens with zero attached hydrogens (tertiary/aromatic N) is 1. The van der Waals surface area contributed by atoms with Gasteiger partial charge in [-0.25, -0.2) is 0 Å². The molecule has 0 aliphatic carbocycles. The SMILES string of the molecule is C[N]c1c(Cl)ccc2ccccc12. The van der Waals surface area contributed by atoms with Crippen LogP contribution in [0.3, 0.4) is 0 Å². The van der Waals surface area contributed by atoms with Crippen LogP contribution in [0.5, 0.6) is 0 Å². The number of hydrogen-bond donors (Lipinski definition) is 0. The second-order valence-electron chi connectivity index (χ2n) is 2.84. The lowest BCUT2D eigenvalue weighted by molar-refractivity contribution is 1.10. The molecule has 0 fully saturated rings. The minimum atomic E-state index is 0.709. The highest BCUT2D eigenvalue weighted by molar-refractivity contribution is 6.34. The second kappa shape index (κ2) is 3.27. The van der Waals surface area contributed by atoms with E-state index in [2.05, 4.69) is 11.4 Å². The van der Waals surface area contributed by atoms with Gasteiger partial charge in [0.1, 0.15) is 0 Å². The number of hydrogen-bond acceptors (Lipinski definition) is 0. The van der Waals surface area contributed by atoms with Crippen molar-refractivity contribution < 1.29 is 0 Å². The Hall–Kier alpha value is -1.21. The molecule has 0 atom stereocenters. The summed E-state index contributed by atoms with van der Waals surface area (Å²) >= 11 is 6.01. The van der Waals surface area contributed by atoms with Crippen molar-refractivity contribution >= 4 is 28.1 Å². The highest BCUT2D eigenvalue weighted by Gasteiger charge is 2.03. The van der Waals surface area contributed by atoms with Crippen molar-refractivity contribution in [2.45, 2.75) is 0 Å². The Morgan fingerprint density at radius 3 is 2.62 bits per heavy atom. The first kappa shape index (κ1) is 8.39. The van der Waals surface area contributed by atoms with Gasteiger partial charge in [0.05, 0.1) is 10.7 Å². The molecule has 1 nitrogen and oxygen atoms in total. The van der Waals surface area contributed by atoms with Crippen molar-refractivity contribution in [1.29, 1.82) is 0 Å².